The molecule has 0 saturated heterocycles. The minimum absolute atomic E-state index is 0.0905. The molecule has 1 aromatic heterocycles. The first-order chi connectivity index (χ1) is 10.9. The summed E-state index contributed by atoms with van der Waals surface area (Å²) in [5, 5.41) is 2.83. The Bertz CT molecular complexity index is 765. The number of carbonyl (C=O) groups is 1. The van der Waals surface area contributed by atoms with Crippen LogP contribution in [0.15, 0.2) is 29.1 Å². The molecule has 2 rings (SSSR count). The Labute approximate surface area is 135 Å². The predicted octanol–water partition coefficient (Wildman–Crippen LogP) is 1.64. The molecule has 6 heteroatoms. The predicted molar refractivity (Wildman–Crippen MR) is 89.5 cm³/mol. The average Bonchev–Trinajstić information content (AvgIpc) is 2.54. The minimum atomic E-state index is -0.850. The van der Waals surface area contributed by atoms with Gasteiger partial charge in [0.05, 0.1) is 11.0 Å². The smallest absolute Gasteiger partial charge is 0.272 e. The second-order valence-corrected chi connectivity index (χ2v) is 5.97. The summed E-state index contributed by atoms with van der Waals surface area (Å²) < 4.78 is 6.85. The highest BCUT2D eigenvalue weighted by atomic mass is 16.5. The maximum Gasteiger partial charge on any atom is 0.272 e. The van der Waals surface area contributed by atoms with Crippen LogP contribution in [0.3, 0.4) is 0 Å². The number of para-hydroxylation sites is 2. The number of hydrogen-bond donors (Lipinski definition) is 1. The van der Waals surface area contributed by atoms with Crippen molar-refractivity contribution >= 4 is 16.9 Å². The van der Waals surface area contributed by atoms with E-state index >= 15 is 0 Å². The molecule has 2 aromatic rings. The molecule has 1 heterocycles. The third-order valence-corrected chi connectivity index (χ3v) is 3.92. The number of nitrogens with one attached hydrogen (secondary N) is 1. The molecule has 0 atom stereocenters. The van der Waals surface area contributed by atoms with Crippen molar-refractivity contribution in [1.29, 1.82) is 0 Å². The molecule has 1 aromatic carbocycles. The molecule has 0 aliphatic rings. The highest BCUT2D eigenvalue weighted by Gasteiger charge is 2.26. The van der Waals surface area contributed by atoms with Gasteiger partial charge in [-0.2, -0.15) is 0 Å². The van der Waals surface area contributed by atoms with Crippen molar-refractivity contribution in [3.8, 4) is 0 Å². The molecule has 0 radical (unpaired) electrons. The van der Waals surface area contributed by atoms with E-state index in [1.807, 2.05) is 24.3 Å². The van der Waals surface area contributed by atoms with Gasteiger partial charge in [0.1, 0.15) is 11.3 Å². The number of ether oxygens (including phenoxy) is 1. The maximum absolute atomic E-state index is 12.3. The number of methoxy groups -OCH3 is 1. The van der Waals surface area contributed by atoms with Gasteiger partial charge in [-0.1, -0.05) is 12.1 Å². The average molecular weight is 317 g/mol. The first-order valence-electron chi connectivity index (χ1n) is 7.66. The highest BCUT2D eigenvalue weighted by molar-refractivity contribution is 5.84. The Balaban J connectivity index is 2.07. The number of benzene rings is 1. The molecule has 23 heavy (non-hydrogen) atoms. The number of fused-ring (bicyclic) bond motifs is 1. The Kier molecular flexibility index (Phi) is 5.15. The second-order valence-electron chi connectivity index (χ2n) is 5.97. The van der Waals surface area contributed by atoms with Crippen molar-refractivity contribution in [3.05, 3.63) is 40.3 Å². The van der Waals surface area contributed by atoms with E-state index < -0.39 is 5.60 Å². The molecule has 0 unspecified atom stereocenters. The summed E-state index contributed by atoms with van der Waals surface area (Å²) in [6, 6.07) is 7.56. The Morgan fingerprint density at radius 3 is 2.74 bits per heavy atom. The van der Waals surface area contributed by atoms with E-state index in [1.54, 1.807) is 25.3 Å². The van der Waals surface area contributed by atoms with Gasteiger partial charge in [0.15, 0.2) is 0 Å². The van der Waals surface area contributed by atoms with Crippen LogP contribution in [-0.2, 0) is 16.1 Å². The van der Waals surface area contributed by atoms with Crippen LogP contribution in [0.5, 0.6) is 0 Å². The van der Waals surface area contributed by atoms with Gasteiger partial charge in [-0.3, -0.25) is 9.59 Å². The molecule has 0 bridgehead atoms. The fourth-order valence-electron chi connectivity index (χ4n) is 2.29. The van der Waals surface area contributed by atoms with Gasteiger partial charge in [0.2, 0.25) is 0 Å². The second kappa shape index (κ2) is 6.91. The Morgan fingerprint density at radius 2 is 2.04 bits per heavy atom. The minimum Gasteiger partial charge on any atom is -0.369 e. The summed E-state index contributed by atoms with van der Waals surface area (Å²) in [6.07, 6.45) is 0.652. The fraction of sp³-hybridized carbons (Fsp3) is 0.471. The zero-order valence-corrected chi connectivity index (χ0v) is 14.0. The van der Waals surface area contributed by atoms with Gasteiger partial charge in [0, 0.05) is 20.2 Å². The summed E-state index contributed by atoms with van der Waals surface area (Å²) in [5.74, 6) is -0.164. The van der Waals surface area contributed by atoms with Gasteiger partial charge in [-0.25, -0.2) is 4.98 Å². The van der Waals surface area contributed by atoms with Crippen LogP contribution >= 0.6 is 0 Å². The van der Waals surface area contributed by atoms with Gasteiger partial charge in [-0.15, -0.1) is 0 Å². The normalized spacial score (nSPS) is 11.7. The lowest BCUT2D eigenvalue weighted by molar-refractivity contribution is -0.139. The van der Waals surface area contributed by atoms with Crippen LogP contribution in [-0.4, -0.2) is 34.7 Å². The van der Waals surface area contributed by atoms with Crippen LogP contribution in [0.4, 0.5) is 0 Å². The third kappa shape index (κ3) is 3.76. The van der Waals surface area contributed by atoms with Crippen LogP contribution in [0, 0.1) is 6.92 Å². The van der Waals surface area contributed by atoms with E-state index in [4.69, 9.17) is 4.74 Å². The first kappa shape index (κ1) is 17.1. The van der Waals surface area contributed by atoms with E-state index in [2.05, 4.69) is 10.3 Å². The van der Waals surface area contributed by atoms with Gasteiger partial charge in [-0.05, 0) is 39.3 Å². The number of rotatable bonds is 6. The molecular formula is C17H23N3O3. The quantitative estimate of drug-likeness (QED) is 0.822. The van der Waals surface area contributed by atoms with Crippen LogP contribution in [0.1, 0.15) is 26.0 Å². The summed E-state index contributed by atoms with van der Waals surface area (Å²) in [6.45, 7) is 6.15. The lowest BCUT2D eigenvalue weighted by atomic mass is 10.1. The summed E-state index contributed by atoms with van der Waals surface area (Å²) in [5.41, 5.74) is 1.15. The lowest BCUT2D eigenvalue weighted by Crippen LogP contribution is -2.44. The van der Waals surface area contributed by atoms with Crippen LogP contribution < -0.4 is 10.9 Å². The standard InChI is InChI=1S/C17H23N3O3/c1-12-15(21)20(14-9-6-5-8-13(14)19-12)11-7-10-18-16(22)17(2,3)23-4/h5-6,8-9H,7,10-11H2,1-4H3,(H,18,22). The molecule has 1 amide bonds. The highest BCUT2D eigenvalue weighted by Crippen LogP contribution is 2.10. The molecule has 0 saturated carbocycles. The fourth-order valence-corrected chi connectivity index (χ4v) is 2.29. The first-order valence-corrected chi connectivity index (χ1v) is 7.66. The van der Waals surface area contributed by atoms with Crippen LogP contribution in [0.25, 0.3) is 11.0 Å². The van der Waals surface area contributed by atoms with E-state index in [9.17, 15) is 9.59 Å². The van der Waals surface area contributed by atoms with Crippen LogP contribution in [0.2, 0.25) is 0 Å². The lowest BCUT2D eigenvalue weighted by Gasteiger charge is -2.21. The Hall–Kier alpha value is -2.21. The number of amides is 1. The SMILES string of the molecule is COC(C)(C)C(=O)NCCCn1c(=O)c(C)nc2ccccc21. The molecule has 1 N–H and O–H groups in total. The van der Waals surface area contributed by atoms with Gasteiger partial charge < -0.3 is 14.6 Å². The van der Waals surface area contributed by atoms with E-state index in [1.165, 1.54) is 7.11 Å². The van der Waals surface area contributed by atoms with Crippen molar-refractivity contribution in [2.24, 2.45) is 0 Å². The maximum atomic E-state index is 12.3. The monoisotopic (exact) mass is 317 g/mol. The third-order valence-electron chi connectivity index (χ3n) is 3.92. The molecule has 124 valence electrons. The molecular weight excluding hydrogens is 294 g/mol. The van der Waals surface area contributed by atoms with E-state index in [0.29, 0.717) is 25.2 Å². The molecule has 0 fully saturated rings. The summed E-state index contributed by atoms with van der Waals surface area (Å²) in [4.78, 5) is 28.6. The Morgan fingerprint density at radius 1 is 1.35 bits per heavy atom. The number of hydrogen-bond acceptors (Lipinski definition) is 4. The number of carbonyl (C=O) groups excluding carboxylic acids is 1. The van der Waals surface area contributed by atoms with E-state index in [-0.39, 0.29) is 11.5 Å². The van der Waals surface area contributed by atoms with Crippen molar-refractivity contribution in [2.45, 2.75) is 39.3 Å². The van der Waals surface area contributed by atoms with Crippen molar-refractivity contribution in [1.82, 2.24) is 14.9 Å². The molecule has 6 nitrogen and oxygen atoms in total. The zero-order valence-electron chi connectivity index (χ0n) is 14.0. The van der Waals surface area contributed by atoms with Gasteiger partial charge >= 0.3 is 0 Å². The summed E-state index contributed by atoms with van der Waals surface area (Å²) >= 11 is 0. The summed E-state index contributed by atoms with van der Waals surface area (Å²) in [7, 11) is 1.50. The largest absolute Gasteiger partial charge is 0.369 e. The number of aryl methyl sites for hydroxylation is 2. The van der Waals surface area contributed by atoms with Gasteiger partial charge in [0.25, 0.3) is 11.5 Å². The van der Waals surface area contributed by atoms with E-state index in [0.717, 1.165) is 11.0 Å². The zero-order chi connectivity index (χ0) is 17.0. The van der Waals surface area contributed by atoms with Crippen molar-refractivity contribution in [2.75, 3.05) is 13.7 Å². The van der Waals surface area contributed by atoms with Crippen molar-refractivity contribution < 1.29 is 9.53 Å². The molecule has 0 spiro atoms. The van der Waals surface area contributed by atoms with Crippen molar-refractivity contribution in [3.63, 3.8) is 0 Å². The molecule has 0 aliphatic carbocycles. The number of nitrogens with zero attached hydrogens (tertiary/aromatic N) is 2. The topological polar surface area (TPSA) is 73.2 Å². The number of aromatic nitrogens is 2. The molecule has 0 aliphatic heterocycles.